The Morgan fingerprint density at radius 3 is 2.63 bits per heavy atom. The molecule has 1 aromatic rings. The Kier molecular flexibility index (Phi) is 3.91. The molecule has 1 aliphatic carbocycles. The number of nitrogens with zero attached hydrogens (tertiary/aromatic N) is 1. The first-order valence-corrected chi connectivity index (χ1v) is 6.75. The molecule has 2 nitrogen and oxygen atoms in total. The summed E-state index contributed by atoms with van der Waals surface area (Å²) in [6.45, 7) is 1.86. The second kappa shape index (κ2) is 5.30. The fraction of sp³-hybridized carbons (Fsp3) is 0.467. The highest BCUT2D eigenvalue weighted by Gasteiger charge is 2.41. The summed E-state index contributed by atoms with van der Waals surface area (Å²) in [6, 6.07) is 6.14. The van der Waals surface area contributed by atoms with E-state index in [0.29, 0.717) is 0 Å². The van der Waals surface area contributed by atoms with Crippen LogP contribution in [0.15, 0.2) is 18.2 Å². The van der Waals surface area contributed by atoms with E-state index in [4.69, 9.17) is 11.6 Å². The van der Waals surface area contributed by atoms with Crippen LogP contribution in [0.3, 0.4) is 0 Å². The van der Waals surface area contributed by atoms with Crippen LogP contribution in [0.5, 0.6) is 0 Å². The third-order valence-electron chi connectivity index (χ3n) is 3.98. The summed E-state index contributed by atoms with van der Waals surface area (Å²) in [4.78, 5) is 12.6. The SMILES string of the molecule is CC1(C(=O)C(C#N)c2c(F)cccc2Cl)CCCC1. The second-order valence-electron chi connectivity index (χ2n) is 5.33. The number of nitriles is 1. The van der Waals surface area contributed by atoms with E-state index in [1.54, 1.807) is 0 Å². The second-order valence-corrected chi connectivity index (χ2v) is 5.74. The summed E-state index contributed by atoms with van der Waals surface area (Å²) in [6.07, 6.45) is 3.48. The maximum Gasteiger partial charge on any atom is 0.160 e. The number of halogens is 2. The van der Waals surface area contributed by atoms with E-state index in [9.17, 15) is 14.4 Å². The minimum atomic E-state index is -1.11. The summed E-state index contributed by atoms with van der Waals surface area (Å²) in [5.74, 6) is -1.91. The summed E-state index contributed by atoms with van der Waals surface area (Å²) < 4.78 is 13.9. The van der Waals surface area contributed by atoms with Crippen molar-refractivity contribution in [3.8, 4) is 6.07 Å². The zero-order valence-electron chi connectivity index (χ0n) is 10.7. The molecule has 0 heterocycles. The van der Waals surface area contributed by atoms with Gasteiger partial charge in [-0.05, 0) is 25.0 Å². The molecule has 1 saturated carbocycles. The van der Waals surface area contributed by atoms with Crippen LogP contribution in [0.25, 0.3) is 0 Å². The van der Waals surface area contributed by atoms with E-state index in [2.05, 4.69) is 0 Å². The van der Waals surface area contributed by atoms with Crippen LogP contribution < -0.4 is 0 Å². The molecule has 0 bridgehead atoms. The van der Waals surface area contributed by atoms with Crippen LogP contribution in [0, 0.1) is 22.6 Å². The molecule has 1 aromatic carbocycles. The normalized spacial score (nSPS) is 18.8. The van der Waals surface area contributed by atoms with Crippen molar-refractivity contribution >= 4 is 17.4 Å². The van der Waals surface area contributed by atoms with Crippen LogP contribution in [-0.4, -0.2) is 5.78 Å². The predicted molar refractivity (Wildman–Crippen MR) is 71.3 cm³/mol. The van der Waals surface area contributed by atoms with Gasteiger partial charge in [-0.2, -0.15) is 5.26 Å². The van der Waals surface area contributed by atoms with E-state index < -0.39 is 17.2 Å². The van der Waals surface area contributed by atoms with Crippen LogP contribution in [0.2, 0.25) is 5.02 Å². The van der Waals surface area contributed by atoms with E-state index in [1.165, 1.54) is 18.2 Å². The number of hydrogen-bond donors (Lipinski definition) is 0. The highest BCUT2D eigenvalue weighted by molar-refractivity contribution is 6.31. The van der Waals surface area contributed by atoms with Crippen LogP contribution in [0.1, 0.15) is 44.1 Å². The lowest BCUT2D eigenvalue weighted by Crippen LogP contribution is -2.30. The third-order valence-corrected chi connectivity index (χ3v) is 4.31. The van der Waals surface area contributed by atoms with Crippen LogP contribution in [0.4, 0.5) is 4.39 Å². The first-order chi connectivity index (χ1) is 8.99. The fourth-order valence-corrected chi connectivity index (χ4v) is 3.06. The maximum atomic E-state index is 13.9. The molecule has 0 saturated heterocycles. The molecule has 0 aromatic heterocycles. The molecule has 0 aliphatic heterocycles. The number of hydrogen-bond acceptors (Lipinski definition) is 2. The topological polar surface area (TPSA) is 40.9 Å². The number of ketones is 1. The zero-order chi connectivity index (χ0) is 14.0. The van der Waals surface area contributed by atoms with Gasteiger partial charge in [-0.25, -0.2) is 4.39 Å². The van der Waals surface area contributed by atoms with Gasteiger partial charge in [0, 0.05) is 16.0 Å². The van der Waals surface area contributed by atoms with Gasteiger partial charge in [0.1, 0.15) is 11.7 Å². The molecule has 0 amide bonds. The summed E-state index contributed by atoms with van der Waals surface area (Å²) in [5.41, 5.74) is -0.503. The molecule has 1 fully saturated rings. The Morgan fingerprint density at radius 2 is 2.11 bits per heavy atom. The average molecular weight is 280 g/mol. The lowest BCUT2D eigenvalue weighted by Gasteiger charge is -2.25. The molecule has 0 spiro atoms. The number of rotatable bonds is 3. The number of Topliss-reactive ketones (excluding diaryl/α,β-unsaturated/α-hetero) is 1. The Hall–Kier alpha value is -1.40. The van der Waals surface area contributed by atoms with E-state index in [-0.39, 0.29) is 16.4 Å². The molecule has 1 aliphatic rings. The number of benzene rings is 1. The Labute approximate surface area is 117 Å². The highest BCUT2D eigenvalue weighted by atomic mass is 35.5. The third kappa shape index (κ3) is 2.50. The van der Waals surface area contributed by atoms with Crippen molar-refractivity contribution in [1.82, 2.24) is 0 Å². The van der Waals surface area contributed by atoms with E-state index >= 15 is 0 Å². The smallest absolute Gasteiger partial charge is 0.160 e. The summed E-state index contributed by atoms with van der Waals surface area (Å²) in [7, 11) is 0. The van der Waals surface area contributed by atoms with Gasteiger partial charge in [-0.15, -0.1) is 0 Å². The van der Waals surface area contributed by atoms with Crippen molar-refractivity contribution in [3.63, 3.8) is 0 Å². The van der Waals surface area contributed by atoms with E-state index in [0.717, 1.165) is 25.7 Å². The molecule has 100 valence electrons. The lowest BCUT2D eigenvalue weighted by molar-refractivity contribution is -0.128. The molecule has 19 heavy (non-hydrogen) atoms. The highest BCUT2D eigenvalue weighted by Crippen LogP contribution is 2.43. The Morgan fingerprint density at radius 1 is 1.47 bits per heavy atom. The molecule has 0 radical (unpaired) electrons. The Balaban J connectivity index is 2.41. The van der Waals surface area contributed by atoms with Crippen molar-refractivity contribution < 1.29 is 9.18 Å². The minimum absolute atomic E-state index is 0.0183. The standard InChI is InChI=1S/C15H15ClFNO/c1-15(7-2-3-8-15)14(19)10(9-18)13-11(16)5-4-6-12(13)17/h4-6,10H,2-3,7-8H2,1H3. The van der Waals surface area contributed by atoms with Crippen molar-refractivity contribution in [2.75, 3.05) is 0 Å². The molecular weight excluding hydrogens is 265 g/mol. The van der Waals surface area contributed by atoms with Gasteiger partial charge in [0.15, 0.2) is 5.78 Å². The van der Waals surface area contributed by atoms with Crippen molar-refractivity contribution in [1.29, 1.82) is 5.26 Å². The molecule has 1 atom stereocenters. The zero-order valence-corrected chi connectivity index (χ0v) is 11.5. The average Bonchev–Trinajstić information content (AvgIpc) is 2.81. The quantitative estimate of drug-likeness (QED) is 0.830. The van der Waals surface area contributed by atoms with Gasteiger partial charge in [-0.3, -0.25) is 4.79 Å². The molecule has 0 N–H and O–H groups in total. The number of carbonyl (C=O) groups excluding carboxylic acids is 1. The molecule has 4 heteroatoms. The molecular formula is C15H15ClFNO. The van der Waals surface area contributed by atoms with Gasteiger partial charge >= 0.3 is 0 Å². The predicted octanol–water partition coefficient (Wildman–Crippen LogP) is 4.24. The van der Waals surface area contributed by atoms with Crippen molar-refractivity contribution in [2.24, 2.45) is 5.41 Å². The monoisotopic (exact) mass is 279 g/mol. The van der Waals surface area contributed by atoms with Gasteiger partial charge in [0.2, 0.25) is 0 Å². The van der Waals surface area contributed by atoms with Crippen LogP contribution >= 0.6 is 11.6 Å². The maximum absolute atomic E-state index is 13.9. The van der Waals surface area contributed by atoms with Crippen molar-refractivity contribution in [2.45, 2.75) is 38.5 Å². The van der Waals surface area contributed by atoms with E-state index in [1.807, 2.05) is 13.0 Å². The lowest BCUT2D eigenvalue weighted by atomic mass is 9.76. The minimum Gasteiger partial charge on any atom is -0.297 e. The number of carbonyl (C=O) groups is 1. The van der Waals surface area contributed by atoms with Gasteiger partial charge in [0.25, 0.3) is 0 Å². The van der Waals surface area contributed by atoms with Gasteiger partial charge in [-0.1, -0.05) is 37.4 Å². The largest absolute Gasteiger partial charge is 0.297 e. The fourth-order valence-electron chi connectivity index (χ4n) is 2.79. The molecule has 1 unspecified atom stereocenters. The van der Waals surface area contributed by atoms with Gasteiger partial charge < -0.3 is 0 Å². The Bertz CT molecular complexity index is 523. The van der Waals surface area contributed by atoms with Gasteiger partial charge in [0.05, 0.1) is 6.07 Å². The summed E-state index contributed by atoms with van der Waals surface area (Å²) in [5, 5.41) is 9.42. The van der Waals surface area contributed by atoms with Crippen LogP contribution in [-0.2, 0) is 4.79 Å². The van der Waals surface area contributed by atoms with Crippen molar-refractivity contribution in [3.05, 3.63) is 34.6 Å². The first kappa shape index (κ1) is 14.0. The summed E-state index contributed by atoms with van der Waals surface area (Å²) >= 11 is 5.96. The first-order valence-electron chi connectivity index (χ1n) is 6.37. The molecule has 2 rings (SSSR count).